The topological polar surface area (TPSA) is 126 Å². The summed E-state index contributed by atoms with van der Waals surface area (Å²) in [7, 11) is 0. The van der Waals surface area contributed by atoms with E-state index in [9.17, 15) is 4.79 Å². The number of aliphatic hydroxyl groups excluding tert-OH is 1. The van der Waals surface area contributed by atoms with Crippen LogP contribution in [-0.4, -0.2) is 49.1 Å². The van der Waals surface area contributed by atoms with E-state index in [4.69, 9.17) is 5.11 Å². The zero-order valence-corrected chi connectivity index (χ0v) is 14.0. The summed E-state index contributed by atoms with van der Waals surface area (Å²) >= 11 is 0. The Kier molecular flexibility index (Phi) is 5.40. The predicted octanol–water partition coefficient (Wildman–Crippen LogP) is 1.29. The van der Waals surface area contributed by atoms with Crippen molar-refractivity contribution >= 4 is 17.7 Å². The molecular weight excluding hydrogens is 334 g/mol. The minimum absolute atomic E-state index is 0.0292. The second-order valence-corrected chi connectivity index (χ2v) is 5.28. The minimum atomic E-state index is -0.378. The van der Waals surface area contributed by atoms with Gasteiger partial charge in [-0.25, -0.2) is 9.97 Å². The molecule has 3 aromatic heterocycles. The molecule has 1 amide bonds. The number of anilines is 2. The first kappa shape index (κ1) is 17.4. The fourth-order valence-corrected chi connectivity index (χ4v) is 2.17. The molecule has 0 aliphatic rings. The van der Waals surface area contributed by atoms with Gasteiger partial charge in [-0.1, -0.05) is 6.07 Å². The maximum atomic E-state index is 12.5. The third-order valence-electron chi connectivity index (χ3n) is 3.31. The van der Waals surface area contributed by atoms with Crippen molar-refractivity contribution < 1.29 is 9.90 Å². The Morgan fingerprint density at radius 3 is 2.77 bits per heavy atom. The van der Waals surface area contributed by atoms with Crippen molar-refractivity contribution in [1.82, 2.24) is 24.9 Å². The summed E-state index contributed by atoms with van der Waals surface area (Å²) in [6.07, 6.45) is 3.15. The molecule has 0 saturated carbocycles. The number of carbonyl (C=O) groups excluding carboxylic acids is 1. The Morgan fingerprint density at radius 1 is 1.12 bits per heavy atom. The maximum Gasteiger partial charge on any atom is 0.258 e. The van der Waals surface area contributed by atoms with E-state index in [1.165, 1.54) is 6.20 Å². The number of hydrogen-bond acceptors (Lipinski definition) is 8. The standard InChI is InChI=1S/C17H17N7O2/c1-11-21-15(13-4-2-3-6-18-13)23-17(22-11)24-16(26)12-5-7-19-14(10-12)20-8-9-25/h2-7,10,25H,8-9H2,1H3,(H,19,20)(H,21,22,23,24,26). The summed E-state index contributed by atoms with van der Waals surface area (Å²) in [5.74, 6) is 1.11. The third-order valence-corrected chi connectivity index (χ3v) is 3.31. The fourth-order valence-electron chi connectivity index (χ4n) is 2.17. The van der Waals surface area contributed by atoms with Crippen molar-refractivity contribution in [2.45, 2.75) is 6.92 Å². The van der Waals surface area contributed by atoms with Crippen molar-refractivity contribution in [1.29, 1.82) is 0 Å². The van der Waals surface area contributed by atoms with E-state index in [0.717, 1.165) is 0 Å². The van der Waals surface area contributed by atoms with Crippen molar-refractivity contribution in [3.63, 3.8) is 0 Å². The first-order valence-electron chi connectivity index (χ1n) is 7.92. The molecule has 3 rings (SSSR count). The molecule has 0 radical (unpaired) electrons. The van der Waals surface area contributed by atoms with Crippen LogP contribution >= 0.6 is 0 Å². The van der Waals surface area contributed by atoms with Crippen LogP contribution in [-0.2, 0) is 0 Å². The highest BCUT2D eigenvalue weighted by molar-refractivity contribution is 6.03. The number of carbonyl (C=O) groups is 1. The SMILES string of the molecule is Cc1nc(NC(=O)c2ccnc(NCCO)c2)nc(-c2ccccn2)n1. The Hall–Kier alpha value is -3.46. The lowest BCUT2D eigenvalue weighted by atomic mass is 10.2. The van der Waals surface area contributed by atoms with Crippen LogP contribution in [0.5, 0.6) is 0 Å². The molecule has 3 heterocycles. The first-order valence-corrected chi connectivity index (χ1v) is 7.92. The Morgan fingerprint density at radius 2 is 2.00 bits per heavy atom. The van der Waals surface area contributed by atoms with Crippen LogP contribution in [0.1, 0.15) is 16.2 Å². The summed E-state index contributed by atoms with van der Waals surface area (Å²) in [6, 6.07) is 8.57. The Bertz CT molecular complexity index is 903. The van der Waals surface area contributed by atoms with Crippen molar-refractivity contribution in [3.05, 3.63) is 54.1 Å². The van der Waals surface area contributed by atoms with Gasteiger partial charge in [-0.2, -0.15) is 9.97 Å². The molecule has 0 aromatic carbocycles. The van der Waals surface area contributed by atoms with Crippen LogP contribution in [0.4, 0.5) is 11.8 Å². The molecule has 0 saturated heterocycles. The number of rotatable bonds is 6. The largest absolute Gasteiger partial charge is 0.395 e. The Balaban J connectivity index is 1.80. The number of aryl methyl sites for hydroxylation is 1. The van der Waals surface area contributed by atoms with E-state index >= 15 is 0 Å². The lowest BCUT2D eigenvalue weighted by Crippen LogP contribution is -2.16. The zero-order valence-electron chi connectivity index (χ0n) is 14.0. The summed E-state index contributed by atoms with van der Waals surface area (Å²) in [4.78, 5) is 33.4. The van der Waals surface area contributed by atoms with Gasteiger partial charge in [-0.15, -0.1) is 0 Å². The lowest BCUT2D eigenvalue weighted by molar-refractivity contribution is 0.102. The van der Waals surface area contributed by atoms with E-state index < -0.39 is 0 Å². The van der Waals surface area contributed by atoms with Crippen LogP contribution in [0.2, 0.25) is 0 Å². The molecule has 3 N–H and O–H groups in total. The van der Waals surface area contributed by atoms with Gasteiger partial charge in [0.1, 0.15) is 17.3 Å². The van der Waals surface area contributed by atoms with E-state index in [1.807, 2.05) is 6.07 Å². The predicted molar refractivity (Wildman–Crippen MR) is 95.6 cm³/mol. The average Bonchev–Trinajstić information content (AvgIpc) is 2.67. The minimum Gasteiger partial charge on any atom is -0.395 e. The quantitative estimate of drug-likeness (QED) is 0.606. The number of hydrogen-bond donors (Lipinski definition) is 3. The number of amides is 1. The maximum absolute atomic E-state index is 12.5. The monoisotopic (exact) mass is 351 g/mol. The van der Waals surface area contributed by atoms with Gasteiger partial charge in [0.05, 0.1) is 6.61 Å². The summed E-state index contributed by atoms with van der Waals surface area (Å²) in [5, 5.41) is 14.4. The van der Waals surface area contributed by atoms with Gasteiger partial charge in [0.25, 0.3) is 5.91 Å². The molecule has 9 heteroatoms. The Labute approximate surface area is 149 Å². The molecule has 0 fully saturated rings. The van der Waals surface area contributed by atoms with E-state index in [1.54, 1.807) is 37.4 Å². The normalized spacial score (nSPS) is 10.4. The number of nitrogens with zero attached hydrogens (tertiary/aromatic N) is 5. The highest BCUT2D eigenvalue weighted by Crippen LogP contribution is 2.14. The molecule has 132 valence electrons. The van der Waals surface area contributed by atoms with Crippen molar-refractivity contribution in [3.8, 4) is 11.5 Å². The van der Waals surface area contributed by atoms with Gasteiger partial charge < -0.3 is 10.4 Å². The molecule has 3 aromatic rings. The summed E-state index contributed by atoms with van der Waals surface area (Å²) in [5.41, 5.74) is 0.978. The second kappa shape index (κ2) is 8.08. The van der Waals surface area contributed by atoms with Crippen LogP contribution in [0.3, 0.4) is 0 Å². The van der Waals surface area contributed by atoms with Gasteiger partial charge in [0.15, 0.2) is 5.82 Å². The molecule has 9 nitrogen and oxygen atoms in total. The van der Waals surface area contributed by atoms with Gasteiger partial charge in [0, 0.05) is 24.5 Å². The van der Waals surface area contributed by atoms with Gasteiger partial charge in [-0.3, -0.25) is 15.1 Å². The molecule has 0 unspecified atom stereocenters. The van der Waals surface area contributed by atoms with Crippen LogP contribution < -0.4 is 10.6 Å². The van der Waals surface area contributed by atoms with Crippen LogP contribution in [0, 0.1) is 6.92 Å². The van der Waals surface area contributed by atoms with Crippen LogP contribution in [0.25, 0.3) is 11.5 Å². The highest BCUT2D eigenvalue weighted by Gasteiger charge is 2.12. The second-order valence-electron chi connectivity index (χ2n) is 5.28. The molecule has 0 aliphatic heterocycles. The van der Waals surface area contributed by atoms with Crippen molar-refractivity contribution in [2.75, 3.05) is 23.8 Å². The van der Waals surface area contributed by atoms with Crippen molar-refractivity contribution in [2.24, 2.45) is 0 Å². The number of nitrogens with one attached hydrogen (secondary N) is 2. The summed E-state index contributed by atoms with van der Waals surface area (Å²) in [6.45, 7) is 2.03. The summed E-state index contributed by atoms with van der Waals surface area (Å²) < 4.78 is 0. The number of pyridine rings is 2. The van der Waals surface area contributed by atoms with E-state index in [-0.39, 0.29) is 18.5 Å². The molecule has 0 bridgehead atoms. The fraction of sp³-hybridized carbons (Fsp3) is 0.176. The lowest BCUT2D eigenvalue weighted by Gasteiger charge is -2.08. The van der Waals surface area contributed by atoms with Gasteiger partial charge in [0.2, 0.25) is 5.95 Å². The number of aliphatic hydroxyl groups is 1. The average molecular weight is 351 g/mol. The highest BCUT2D eigenvalue weighted by atomic mass is 16.3. The molecule has 0 spiro atoms. The molecular formula is C17H17N7O2. The molecule has 0 aliphatic carbocycles. The zero-order chi connectivity index (χ0) is 18.4. The van der Waals surface area contributed by atoms with Gasteiger partial charge in [-0.05, 0) is 31.2 Å². The number of aromatic nitrogens is 5. The molecule has 26 heavy (non-hydrogen) atoms. The van der Waals surface area contributed by atoms with Crippen LogP contribution in [0.15, 0.2) is 42.7 Å². The molecule has 0 atom stereocenters. The first-order chi connectivity index (χ1) is 12.7. The van der Waals surface area contributed by atoms with E-state index in [0.29, 0.717) is 35.3 Å². The third kappa shape index (κ3) is 4.33. The van der Waals surface area contributed by atoms with Gasteiger partial charge >= 0.3 is 0 Å². The smallest absolute Gasteiger partial charge is 0.258 e. The van der Waals surface area contributed by atoms with E-state index in [2.05, 4.69) is 35.6 Å².